The molecule has 0 radical (unpaired) electrons. The summed E-state index contributed by atoms with van der Waals surface area (Å²) >= 11 is 4.01. The minimum absolute atomic E-state index is 0.123. The van der Waals surface area contributed by atoms with Crippen LogP contribution in [0.1, 0.15) is 34.2 Å². The highest BCUT2D eigenvalue weighted by Crippen LogP contribution is 2.61. The van der Waals surface area contributed by atoms with Gasteiger partial charge in [0.05, 0.1) is 5.41 Å². The Bertz CT molecular complexity index is 947. The molecule has 2 aromatic carbocycles. The van der Waals surface area contributed by atoms with Gasteiger partial charge in [0.2, 0.25) is 0 Å². The van der Waals surface area contributed by atoms with Gasteiger partial charge in [0, 0.05) is 19.9 Å². The molecule has 0 amide bonds. The van der Waals surface area contributed by atoms with Crippen molar-refractivity contribution in [2.75, 3.05) is 0 Å². The van der Waals surface area contributed by atoms with Crippen LogP contribution in [0.3, 0.4) is 0 Å². The van der Waals surface area contributed by atoms with Crippen molar-refractivity contribution >= 4 is 23.1 Å². The number of thiophene rings is 1. The van der Waals surface area contributed by atoms with E-state index in [0.717, 1.165) is 6.42 Å². The van der Waals surface area contributed by atoms with Gasteiger partial charge in [0.25, 0.3) is 0 Å². The molecule has 1 aliphatic heterocycles. The summed E-state index contributed by atoms with van der Waals surface area (Å²) < 4.78 is 0. The molecule has 3 aromatic rings. The van der Waals surface area contributed by atoms with E-state index in [4.69, 9.17) is 0 Å². The summed E-state index contributed by atoms with van der Waals surface area (Å²) in [5.41, 5.74) is 5.56. The number of rotatable bonds is 2. The second-order valence-electron chi connectivity index (χ2n) is 6.98. The van der Waals surface area contributed by atoms with Crippen LogP contribution in [0, 0.1) is 6.92 Å². The maximum absolute atomic E-state index is 2.49. The first kappa shape index (κ1) is 15.5. The number of aryl methyl sites for hydroxylation is 1. The van der Waals surface area contributed by atoms with Crippen LogP contribution in [0.2, 0.25) is 0 Å². The lowest BCUT2D eigenvalue weighted by Crippen LogP contribution is -2.27. The molecule has 0 spiro atoms. The Labute approximate surface area is 157 Å². The number of allylic oxidation sites excluding steroid dienone is 2. The number of fused-ring (bicyclic) bond motifs is 3. The fourth-order valence-electron chi connectivity index (χ4n) is 4.35. The lowest BCUT2D eigenvalue weighted by Gasteiger charge is -2.33. The zero-order valence-electron chi connectivity index (χ0n) is 14.5. The maximum Gasteiger partial charge on any atom is 0.0862 e. The quantitative estimate of drug-likeness (QED) is 0.485. The van der Waals surface area contributed by atoms with Crippen molar-refractivity contribution in [1.29, 1.82) is 0 Å². The van der Waals surface area contributed by atoms with Gasteiger partial charge < -0.3 is 0 Å². The van der Waals surface area contributed by atoms with Gasteiger partial charge in [-0.2, -0.15) is 0 Å². The minimum Gasteiger partial charge on any atom is -0.144 e. The van der Waals surface area contributed by atoms with Gasteiger partial charge in [0.15, 0.2) is 0 Å². The third-order valence-electron chi connectivity index (χ3n) is 5.40. The van der Waals surface area contributed by atoms with Crippen molar-refractivity contribution in [2.24, 2.45) is 0 Å². The topological polar surface area (TPSA) is 0 Å². The molecule has 1 atom stereocenters. The fourth-order valence-corrected chi connectivity index (χ4v) is 6.84. The van der Waals surface area contributed by atoms with E-state index in [2.05, 4.69) is 92.3 Å². The van der Waals surface area contributed by atoms with Gasteiger partial charge in [-0.05, 0) is 47.7 Å². The summed E-state index contributed by atoms with van der Waals surface area (Å²) in [5.74, 6) is 0. The van der Waals surface area contributed by atoms with E-state index < -0.39 is 0 Å². The molecule has 0 saturated carbocycles. The Morgan fingerprint density at radius 2 is 1.52 bits per heavy atom. The third-order valence-corrected chi connectivity index (χ3v) is 7.84. The van der Waals surface area contributed by atoms with Crippen molar-refractivity contribution < 1.29 is 0 Å². The molecule has 0 saturated heterocycles. The standard InChI is InChI=1S/C23H20S2/c1-15-11-13-21(24-15)23(22-14-12-16(2)25-22)19-9-5-3-7-17(19)18-8-4-6-10-20(18)23/h3-11,13-14,16H,12H2,1-2H3. The molecule has 1 aliphatic carbocycles. The Hall–Kier alpha value is -1.77. The first-order valence-electron chi connectivity index (χ1n) is 8.85. The van der Waals surface area contributed by atoms with E-state index in [9.17, 15) is 0 Å². The third kappa shape index (κ3) is 2.07. The Kier molecular flexibility index (Phi) is 3.48. The van der Waals surface area contributed by atoms with Crippen molar-refractivity contribution in [3.63, 3.8) is 0 Å². The van der Waals surface area contributed by atoms with Crippen molar-refractivity contribution in [2.45, 2.75) is 30.9 Å². The maximum atomic E-state index is 2.49. The predicted octanol–water partition coefficient (Wildman–Crippen LogP) is 6.78. The molecule has 2 aliphatic rings. The average molecular weight is 361 g/mol. The van der Waals surface area contributed by atoms with Gasteiger partial charge in [0.1, 0.15) is 0 Å². The number of thioether (sulfide) groups is 1. The van der Waals surface area contributed by atoms with E-state index in [1.165, 1.54) is 36.9 Å². The van der Waals surface area contributed by atoms with Crippen LogP contribution in [0.15, 0.2) is 71.6 Å². The van der Waals surface area contributed by atoms with Crippen LogP contribution in [-0.2, 0) is 5.41 Å². The normalized spacial score (nSPS) is 20.2. The predicted molar refractivity (Wildman–Crippen MR) is 111 cm³/mol. The SMILES string of the molecule is Cc1ccc(C2(C3=CCC(C)S3)c3ccccc3-c3ccccc32)s1. The van der Waals surface area contributed by atoms with Gasteiger partial charge in [-0.1, -0.05) is 61.5 Å². The summed E-state index contributed by atoms with van der Waals surface area (Å²) in [6, 6.07) is 22.6. The van der Waals surface area contributed by atoms with E-state index in [0.29, 0.717) is 5.25 Å². The lowest BCUT2D eigenvalue weighted by atomic mass is 9.76. The molecule has 0 bridgehead atoms. The Balaban J connectivity index is 1.91. The second-order valence-corrected chi connectivity index (χ2v) is 9.75. The highest BCUT2D eigenvalue weighted by molar-refractivity contribution is 8.04. The minimum atomic E-state index is -0.123. The first-order chi connectivity index (χ1) is 12.2. The molecule has 5 rings (SSSR count). The van der Waals surface area contributed by atoms with Gasteiger partial charge >= 0.3 is 0 Å². The Morgan fingerprint density at radius 3 is 2.04 bits per heavy atom. The lowest BCUT2D eigenvalue weighted by molar-refractivity contribution is 0.810. The average Bonchev–Trinajstić information content (AvgIpc) is 3.32. The summed E-state index contributed by atoms with van der Waals surface area (Å²) in [4.78, 5) is 4.35. The summed E-state index contributed by atoms with van der Waals surface area (Å²) in [6.07, 6.45) is 3.65. The molecule has 1 aromatic heterocycles. The monoisotopic (exact) mass is 360 g/mol. The van der Waals surface area contributed by atoms with Crippen LogP contribution in [0.4, 0.5) is 0 Å². The molecule has 0 fully saturated rings. The molecule has 25 heavy (non-hydrogen) atoms. The van der Waals surface area contributed by atoms with E-state index in [1.807, 2.05) is 11.3 Å². The van der Waals surface area contributed by atoms with Crippen molar-refractivity contribution in [1.82, 2.24) is 0 Å². The van der Waals surface area contributed by atoms with Crippen molar-refractivity contribution in [3.05, 3.63) is 92.5 Å². The molecule has 2 heteroatoms. The van der Waals surface area contributed by atoms with E-state index >= 15 is 0 Å². The molecule has 1 unspecified atom stereocenters. The number of benzene rings is 2. The van der Waals surface area contributed by atoms with Gasteiger partial charge in [-0.3, -0.25) is 0 Å². The largest absolute Gasteiger partial charge is 0.144 e. The van der Waals surface area contributed by atoms with Gasteiger partial charge in [-0.15, -0.1) is 23.1 Å². The molecular formula is C23H20S2. The van der Waals surface area contributed by atoms with Crippen molar-refractivity contribution in [3.8, 4) is 11.1 Å². The van der Waals surface area contributed by atoms with E-state index in [-0.39, 0.29) is 5.41 Å². The highest BCUT2D eigenvalue weighted by atomic mass is 32.2. The van der Waals surface area contributed by atoms with Crippen LogP contribution >= 0.6 is 23.1 Å². The highest BCUT2D eigenvalue weighted by Gasteiger charge is 2.49. The van der Waals surface area contributed by atoms with Gasteiger partial charge in [-0.25, -0.2) is 0 Å². The number of hydrogen-bond acceptors (Lipinski definition) is 2. The zero-order chi connectivity index (χ0) is 17.0. The van der Waals surface area contributed by atoms with Crippen LogP contribution < -0.4 is 0 Å². The fraction of sp³-hybridized carbons (Fsp3) is 0.217. The molecular weight excluding hydrogens is 340 g/mol. The van der Waals surface area contributed by atoms with Crippen LogP contribution in [0.5, 0.6) is 0 Å². The number of hydrogen-bond donors (Lipinski definition) is 0. The summed E-state index contributed by atoms with van der Waals surface area (Å²) in [7, 11) is 0. The van der Waals surface area contributed by atoms with Crippen LogP contribution in [-0.4, -0.2) is 5.25 Å². The molecule has 0 N–H and O–H groups in total. The summed E-state index contributed by atoms with van der Waals surface area (Å²) in [5, 5.41) is 0.660. The summed E-state index contributed by atoms with van der Waals surface area (Å²) in [6.45, 7) is 4.56. The Morgan fingerprint density at radius 1 is 0.880 bits per heavy atom. The first-order valence-corrected chi connectivity index (χ1v) is 10.5. The second kappa shape index (κ2) is 5.62. The molecule has 2 heterocycles. The molecule has 0 nitrogen and oxygen atoms in total. The smallest absolute Gasteiger partial charge is 0.0862 e. The van der Waals surface area contributed by atoms with E-state index in [1.54, 1.807) is 0 Å². The molecule has 124 valence electrons. The zero-order valence-corrected chi connectivity index (χ0v) is 16.1. The van der Waals surface area contributed by atoms with Crippen LogP contribution in [0.25, 0.3) is 11.1 Å².